The summed E-state index contributed by atoms with van der Waals surface area (Å²) in [5.74, 6) is -1.01. The molecule has 164 valence electrons. The summed E-state index contributed by atoms with van der Waals surface area (Å²) in [4.78, 5) is 29.2. The Morgan fingerprint density at radius 2 is 1.70 bits per heavy atom. The maximum atomic E-state index is 13.0. The third kappa shape index (κ3) is 5.18. The summed E-state index contributed by atoms with van der Waals surface area (Å²) in [7, 11) is 0. The van der Waals surface area contributed by atoms with Crippen molar-refractivity contribution in [2.45, 2.75) is 19.8 Å². The zero-order valence-electron chi connectivity index (χ0n) is 18.1. The van der Waals surface area contributed by atoms with Crippen LogP contribution in [0.3, 0.4) is 0 Å². The van der Waals surface area contributed by atoms with Gasteiger partial charge in [0.05, 0.1) is 16.8 Å². The highest BCUT2D eigenvalue weighted by Gasteiger charge is 2.15. The number of benzene rings is 3. The second kappa shape index (κ2) is 9.80. The summed E-state index contributed by atoms with van der Waals surface area (Å²) in [6.45, 7) is 1.87. The Balaban J connectivity index is 1.55. The van der Waals surface area contributed by atoms with Crippen LogP contribution in [0.5, 0.6) is 0 Å². The van der Waals surface area contributed by atoms with E-state index in [9.17, 15) is 14.7 Å². The highest BCUT2D eigenvalue weighted by atomic mass is 35.5. The van der Waals surface area contributed by atoms with Crippen LogP contribution in [0, 0.1) is 6.92 Å². The molecule has 0 radical (unpaired) electrons. The number of pyridine rings is 1. The second-order valence-corrected chi connectivity index (χ2v) is 8.26. The lowest BCUT2D eigenvalue weighted by molar-refractivity contribution is 0.0694. The zero-order chi connectivity index (χ0) is 23.4. The van der Waals surface area contributed by atoms with E-state index in [1.165, 1.54) is 0 Å². The Hall–Kier alpha value is -3.76. The highest BCUT2D eigenvalue weighted by molar-refractivity contribution is 6.31. The molecule has 0 bridgehead atoms. The van der Waals surface area contributed by atoms with Crippen LogP contribution in [0.25, 0.3) is 23.1 Å². The summed E-state index contributed by atoms with van der Waals surface area (Å²) in [6, 6.07) is 22.1. The fourth-order valence-corrected chi connectivity index (χ4v) is 4.04. The zero-order valence-corrected chi connectivity index (χ0v) is 18.8. The van der Waals surface area contributed by atoms with E-state index < -0.39 is 5.97 Å². The first-order valence-electron chi connectivity index (χ1n) is 10.6. The van der Waals surface area contributed by atoms with E-state index in [0.29, 0.717) is 22.6 Å². The van der Waals surface area contributed by atoms with Crippen LogP contribution in [0.15, 0.2) is 72.8 Å². The summed E-state index contributed by atoms with van der Waals surface area (Å²) >= 11 is 6.08. The van der Waals surface area contributed by atoms with E-state index in [-0.39, 0.29) is 17.8 Å². The first kappa shape index (κ1) is 22.4. The Labute approximate surface area is 197 Å². The summed E-state index contributed by atoms with van der Waals surface area (Å²) in [5.41, 5.74) is 4.78. The molecule has 4 aromatic rings. The summed E-state index contributed by atoms with van der Waals surface area (Å²) in [6.07, 6.45) is 4.35. The lowest BCUT2D eigenvalue weighted by Crippen LogP contribution is -2.08. The molecule has 33 heavy (non-hydrogen) atoms. The number of carbonyl (C=O) groups is 2. The quantitative estimate of drug-likeness (QED) is 0.308. The van der Waals surface area contributed by atoms with Gasteiger partial charge in [0.2, 0.25) is 0 Å². The van der Waals surface area contributed by atoms with E-state index in [1.807, 2.05) is 73.7 Å². The number of fused-ring (bicyclic) bond motifs is 1. The van der Waals surface area contributed by atoms with Crippen molar-refractivity contribution in [1.29, 1.82) is 0 Å². The average molecular weight is 456 g/mol. The van der Waals surface area contributed by atoms with Crippen molar-refractivity contribution in [3.8, 4) is 0 Å². The van der Waals surface area contributed by atoms with E-state index in [2.05, 4.69) is 4.98 Å². The van der Waals surface area contributed by atoms with E-state index in [0.717, 1.165) is 27.7 Å². The van der Waals surface area contributed by atoms with Crippen LogP contribution in [0.4, 0.5) is 0 Å². The molecule has 0 aliphatic carbocycles. The normalized spacial score (nSPS) is 11.2. The second-order valence-electron chi connectivity index (χ2n) is 7.82. The monoisotopic (exact) mass is 455 g/mol. The lowest BCUT2D eigenvalue weighted by Gasteiger charge is -2.10. The van der Waals surface area contributed by atoms with Gasteiger partial charge in [-0.1, -0.05) is 66.2 Å². The minimum absolute atomic E-state index is 0.0342. The largest absolute Gasteiger partial charge is 0.478 e. The molecule has 3 aromatic carbocycles. The number of aromatic carboxylic acids is 1. The van der Waals surface area contributed by atoms with Crippen LogP contribution in [0.2, 0.25) is 5.02 Å². The van der Waals surface area contributed by atoms with Crippen molar-refractivity contribution in [3.05, 3.63) is 111 Å². The van der Waals surface area contributed by atoms with Gasteiger partial charge in [-0.05, 0) is 60.4 Å². The number of hydrogen-bond acceptors (Lipinski definition) is 3. The fourth-order valence-electron chi connectivity index (χ4n) is 3.88. The van der Waals surface area contributed by atoms with Gasteiger partial charge in [0.25, 0.3) is 0 Å². The van der Waals surface area contributed by atoms with Crippen LogP contribution < -0.4 is 0 Å². The number of carbonyl (C=O) groups excluding carboxylic acids is 1. The predicted octanol–water partition coefficient (Wildman–Crippen LogP) is 6.88. The number of rotatable bonds is 7. The first-order valence-corrected chi connectivity index (χ1v) is 11.0. The van der Waals surface area contributed by atoms with Gasteiger partial charge in [0, 0.05) is 22.4 Å². The topological polar surface area (TPSA) is 67.3 Å². The van der Waals surface area contributed by atoms with Crippen LogP contribution >= 0.6 is 11.6 Å². The van der Waals surface area contributed by atoms with Gasteiger partial charge < -0.3 is 5.11 Å². The number of ketones is 1. The molecule has 0 amide bonds. The van der Waals surface area contributed by atoms with Gasteiger partial charge in [-0.15, -0.1) is 0 Å². The minimum Gasteiger partial charge on any atom is -0.478 e. The molecular formula is C28H22ClNO3. The van der Waals surface area contributed by atoms with Crippen molar-refractivity contribution < 1.29 is 14.7 Å². The summed E-state index contributed by atoms with van der Waals surface area (Å²) in [5, 5.41) is 11.1. The number of aromatic nitrogens is 1. The molecule has 4 rings (SSSR count). The standard InChI is InChI=1S/C28H22ClNO3/c1-18-5-4-8-25(28(32)33)23(18)15-16-27(31)24-7-3-2-6-19(24)10-13-22-14-11-20-9-12-21(29)17-26(20)30-22/h2-14,17H,15-16H2,1H3,(H,32,33). The molecule has 0 fully saturated rings. The van der Waals surface area contributed by atoms with Crippen molar-refractivity contribution in [3.63, 3.8) is 0 Å². The molecule has 0 atom stereocenters. The molecule has 0 saturated heterocycles. The number of carboxylic acids is 1. The predicted molar refractivity (Wildman–Crippen MR) is 133 cm³/mol. The van der Waals surface area contributed by atoms with Gasteiger partial charge in [0.1, 0.15) is 0 Å². The fraction of sp³-hybridized carbons (Fsp3) is 0.107. The Bertz CT molecular complexity index is 1390. The Morgan fingerprint density at radius 3 is 2.52 bits per heavy atom. The number of hydrogen-bond donors (Lipinski definition) is 1. The molecule has 0 saturated carbocycles. The maximum absolute atomic E-state index is 13.0. The average Bonchev–Trinajstić information content (AvgIpc) is 2.81. The van der Waals surface area contributed by atoms with Crippen LogP contribution in [0.1, 0.15) is 49.5 Å². The lowest BCUT2D eigenvalue weighted by atomic mass is 9.94. The first-order chi connectivity index (χ1) is 15.9. The molecule has 1 N–H and O–H groups in total. The highest BCUT2D eigenvalue weighted by Crippen LogP contribution is 2.21. The van der Waals surface area contributed by atoms with Crippen molar-refractivity contribution >= 4 is 46.4 Å². The van der Waals surface area contributed by atoms with E-state index in [4.69, 9.17) is 11.6 Å². The van der Waals surface area contributed by atoms with Gasteiger partial charge >= 0.3 is 5.97 Å². The van der Waals surface area contributed by atoms with Crippen molar-refractivity contribution in [1.82, 2.24) is 4.98 Å². The minimum atomic E-state index is -0.978. The van der Waals surface area contributed by atoms with Crippen LogP contribution in [-0.2, 0) is 6.42 Å². The smallest absolute Gasteiger partial charge is 0.335 e. The molecule has 1 aromatic heterocycles. The van der Waals surface area contributed by atoms with E-state index in [1.54, 1.807) is 18.2 Å². The molecule has 1 heterocycles. The van der Waals surface area contributed by atoms with E-state index >= 15 is 0 Å². The van der Waals surface area contributed by atoms with Crippen molar-refractivity contribution in [2.75, 3.05) is 0 Å². The molecule has 0 aliphatic rings. The number of Topliss-reactive ketones (excluding diaryl/α,β-unsaturated/α-hetero) is 1. The van der Waals surface area contributed by atoms with Gasteiger partial charge in [-0.25, -0.2) is 9.78 Å². The molecule has 5 heteroatoms. The number of halogens is 1. The van der Waals surface area contributed by atoms with Gasteiger partial charge in [-0.3, -0.25) is 4.79 Å². The SMILES string of the molecule is Cc1cccc(C(=O)O)c1CCC(=O)c1ccccc1C=Cc1ccc2ccc(Cl)cc2n1. The van der Waals surface area contributed by atoms with Gasteiger partial charge in [0.15, 0.2) is 5.78 Å². The summed E-state index contributed by atoms with van der Waals surface area (Å²) < 4.78 is 0. The van der Waals surface area contributed by atoms with Crippen molar-refractivity contribution in [2.24, 2.45) is 0 Å². The van der Waals surface area contributed by atoms with Gasteiger partial charge in [-0.2, -0.15) is 0 Å². The Kier molecular flexibility index (Phi) is 6.66. The molecule has 0 aliphatic heterocycles. The number of carboxylic acid groups (broad SMARTS) is 1. The number of aryl methyl sites for hydroxylation is 1. The maximum Gasteiger partial charge on any atom is 0.335 e. The molecule has 0 unspecified atom stereocenters. The molecule has 4 nitrogen and oxygen atoms in total. The molecular weight excluding hydrogens is 434 g/mol. The van der Waals surface area contributed by atoms with Crippen LogP contribution in [-0.4, -0.2) is 21.8 Å². The third-order valence-electron chi connectivity index (χ3n) is 5.61. The molecule has 0 spiro atoms. The Morgan fingerprint density at radius 1 is 0.939 bits per heavy atom. The number of nitrogens with zero attached hydrogens (tertiary/aromatic N) is 1. The third-order valence-corrected chi connectivity index (χ3v) is 5.85.